The van der Waals surface area contributed by atoms with Gasteiger partial charge in [-0.15, -0.1) is 0 Å². The van der Waals surface area contributed by atoms with Crippen molar-refractivity contribution in [3.63, 3.8) is 0 Å². The number of hydrogen-bond donors (Lipinski definition) is 0. The smallest absolute Gasteiger partial charge is 0.267 e. The third kappa shape index (κ3) is 3.28. The Morgan fingerprint density at radius 2 is 2.18 bits per heavy atom. The van der Waals surface area contributed by atoms with Crippen molar-refractivity contribution in [2.45, 2.75) is 13.0 Å². The van der Waals surface area contributed by atoms with E-state index in [1.165, 1.54) is 0 Å². The molecule has 2 heterocycles. The lowest BCUT2D eigenvalue weighted by Gasteiger charge is -2.12. The van der Waals surface area contributed by atoms with Crippen molar-refractivity contribution in [3.8, 4) is 17.1 Å². The molecule has 0 radical (unpaired) electrons. The molecule has 3 rings (SSSR count). The average Bonchev–Trinajstić information content (AvgIpc) is 3.01. The zero-order valence-electron chi connectivity index (χ0n) is 11.5. The normalized spacial score (nSPS) is 12.1. The lowest BCUT2D eigenvalue weighted by molar-refractivity contribution is 0.174. The molecule has 0 unspecified atom stereocenters. The second-order valence-electron chi connectivity index (χ2n) is 4.53. The molecule has 2 aromatic heterocycles. The van der Waals surface area contributed by atoms with Gasteiger partial charge in [0.2, 0.25) is 5.82 Å². The van der Waals surface area contributed by atoms with Crippen molar-refractivity contribution in [2.75, 3.05) is 0 Å². The molecule has 0 spiro atoms. The van der Waals surface area contributed by atoms with Crippen molar-refractivity contribution in [2.24, 2.45) is 0 Å². The summed E-state index contributed by atoms with van der Waals surface area (Å²) in [4.78, 5) is 8.37. The van der Waals surface area contributed by atoms with E-state index in [1.54, 1.807) is 30.6 Å². The van der Waals surface area contributed by atoms with Gasteiger partial charge in [0.05, 0.1) is 4.47 Å². The van der Waals surface area contributed by atoms with Crippen LogP contribution in [0.4, 0.5) is 0 Å². The lowest BCUT2D eigenvalue weighted by Crippen LogP contribution is -2.04. The summed E-state index contributed by atoms with van der Waals surface area (Å²) >= 11 is 9.32. The van der Waals surface area contributed by atoms with Crippen LogP contribution in [0.1, 0.15) is 18.9 Å². The fourth-order valence-electron chi connectivity index (χ4n) is 1.82. The summed E-state index contributed by atoms with van der Waals surface area (Å²) in [5.41, 5.74) is 0.789. The number of pyridine rings is 1. The molecule has 3 aromatic rings. The van der Waals surface area contributed by atoms with Gasteiger partial charge in [0.15, 0.2) is 6.10 Å². The average molecular weight is 381 g/mol. The zero-order chi connectivity index (χ0) is 15.5. The second kappa shape index (κ2) is 6.46. The SMILES string of the molecule is C[C@@H](Oc1ccc(Cl)cc1Br)c1nc(-c2cccnc2)no1. The summed E-state index contributed by atoms with van der Waals surface area (Å²) < 4.78 is 11.8. The highest BCUT2D eigenvalue weighted by molar-refractivity contribution is 9.10. The van der Waals surface area contributed by atoms with Gasteiger partial charge in [-0.2, -0.15) is 4.98 Å². The molecule has 112 valence electrons. The number of halogens is 2. The molecule has 0 saturated heterocycles. The molecule has 1 aromatic carbocycles. The van der Waals surface area contributed by atoms with E-state index in [1.807, 2.05) is 19.1 Å². The van der Waals surface area contributed by atoms with Crippen LogP contribution in [0.2, 0.25) is 5.02 Å². The highest BCUT2D eigenvalue weighted by Crippen LogP contribution is 2.31. The second-order valence-corrected chi connectivity index (χ2v) is 5.82. The van der Waals surface area contributed by atoms with Gasteiger partial charge in [-0.1, -0.05) is 16.8 Å². The van der Waals surface area contributed by atoms with E-state index >= 15 is 0 Å². The summed E-state index contributed by atoms with van der Waals surface area (Å²) in [6.07, 6.45) is 2.97. The molecule has 5 nitrogen and oxygen atoms in total. The van der Waals surface area contributed by atoms with Gasteiger partial charge >= 0.3 is 0 Å². The highest BCUT2D eigenvalue weighted by Gasteiger charge is 2.18. The topological polar surface area (TPSA) is 61.0 Å². The van der Waals surface area contributed by atoms with Crippen molar-refractivity contribution < 1.29 is 9.26 Å². The number of nitrogens with zero attached hydrogens (tertiary/aromatic N) is 3. The van der Waals surface area contributed by atoms with Gasteiger partial charge < -0.3 is 9.26 Å². The predicted molar refractivity (Wildman–Crippen MR) is 85.7 cm³/mol. The summed E-state index contributed by atoms with van der Waals surface area (Å²) in [6.45, 7) is 1.83. The fraction of sp³-hybridized carbons (Fsp3) is 0.133. The van der Waals surface area contributed by atoms with Crippen LogP contribution in [0.25, 0.3) is 11.4 Å². The Hall–Kier alpha value is -1.92. The summed E-state index contributed by atoms with van der Waals surface area (Å²) in [5.74, 6) is 1.52. The first-order valence-corrected chi connectivity index (χ1v) is 7.66. The van der Waals surface area contributed by atoms with Gasteiger partial charge in [-0.05, 0) is 53.2 Å². The number of hydrogen-bond acceptors (Lipinski definition) is 5. The Bertz CT molecular complexity index is 779. The minimum Gasteiger partial charge on any atom is -0.480 e. The van der Waals surface area contributed by atoms with Crippen LogP contribution in [0.5, 0.6) is 5.75 Å². The highest BCUT2D eigenvalue weighted by atomic mass is 79.9. The van der Waals surface area contributed by atoms with E-state index < -0.39 is 6.10 Å². The van der Waals surface area contributed by atoms with E-state index in [0.717, 1.165) is 10.0 Å². The van der Waals surface area contributed by atoms with E-state index in [4.69, 9.17) is 20.9 Å². The minimum atomic E-state index is -0.393. The molecule has 0 aliphatic rings. The minimum absolute atomic E-state index is 0.390. The Kier molecular flexibility index (Phi) is 4.40. The standard InChI is InChI=1S/C15H11BrClN3O2/c1-9(21-13-5-4-11(17)7-12(13)16)15-19-14(20-22-15)10-3-2-6-18-8-10/h2-9H,1H3/t9-/m1/s1. The van der Waals surface area contributed by atoms with Gasteiger partial charge in [0, 0.05) is 23.0 Å². The quantitative estimate of drug-likeness (QED) is 0.657. The van der Waals surface area contributed by atoms with Crippen molar-refractivity contribution in [3.05, 3.63) is 58.1 Å². The Morgan fingerprint density at radius 1 is 1.32 bits per heavy atom. The van der Waals surface area contributed by atoms with Gasteiger partial charge in [0.25, 0.3) is 5.89 Å². The molecular formula is C15H11BrClN3O2. The molecule has 0 aliphatic heterocycles. The van der Waals surface area contributed by atoms with E-state index in [2.05, 4.69) is 31.1 Å². The molecule has 0 aliphatic carbocycles. The Morgan fingerprint density at radius 3 is 2.91 bits per heavy atom. The third-order valence-electron chi connectivity index (χ3n) is 2.91. The maximum absolute atomic E-state index is 5.91. The molecule has 0 bridgehead atoms. The van der Waals surface area contributed by atoms with Crippen LogP contribution in [0, 0.1) is 0 Å². The van der Waals surface area contributed by atoms with E-state index in [0.29, 0.717) is 22.5 Å². The van der Waals surface area contributed by atoms with Crippen LogP contribution in [0.15, 0.2) is 51.7 Å². The van der Waals surface area contributed by atoms with Gasteiger partial charge in [0.1, 0.15) is 5.75 Å². The molecular weight excluding hydrogens is 370 g/mol. The Labute approximate surface area is 140 Å². The number of benzene rings is 1. The lowest BCUT2D eigenvalue weighted by atomic mass is 10.3. The molecule has 1 atom stereocenters. The predicted octanol–water partition coefficient (Wildman–Crippen LogP) is 4.69. The van der Waals surface area contributed by atoms with Crippen molar-refractivity contribution >= 4 is 27.5 Å². The molecule has 0 fully saturated rings. The van der Waals surface area contributed by atoms with Crippen LogP contribution < -0.4 is 4.74 Å². The molecule has 0 amide bonds. The van der Waals surface area contributed by atoms with Crippen LogP contribution in [-0.2, 0) is 0 Å². The first kappa shape index (κ1) is 15.0. The maximum atomic E-state index is 5.91. The molecule has 0 saturated carbocycles. The number of aromatic nitrogens is 3. The summed E-state index contributed by atoms with van der Waals surface area (Å²) in [7, 11) is 0. The number of rotatable bonds is 4. The monoisotopic (exact) mass is 379 g/mol. The van der Waals surface area contributed by atoms with Crippen LogP contribution in [0.3, 0.4) is 0 Å². The largest absolute Gasteiger partial charge is 0.480 e. The summed E-state index contributed by atoms with van der Waals surface area (Å²) in [5, 5.41) is 4.58. The first-order chi connectivity index (χ1) is 10.6. The van der Waals surface area contributed by atoms with E-state index in [-0.39, 0.29) is 0 Å². The number of ether oxygens (including phenoxy) is 1. The third-order valence-corrected chi connectivity index (χ3v) is 3.76. The molecule has 22 heavy (non-hydrogen) atoms. The molecule has 0 N–H and O–H groups in total. The Balaban J connectivity index is 1.78. The van der Waals surface area contributed by atoms with Crippen molar-refractivity contribution in [1.29, 1.82) is 0 Å². The molecule has 7 heteroatoms. The van der Waals surface area contributed by atoms with Crippen molar-refractivity contribution in [1.82, 2.24) is 15.1 Å². The summed E-state index contributed by atoms with van der Waals surface area (Å²) in [6, 6.07) is 8.97. The fourth-order valence-corrected chi connectivity index (χ4v) is 2.60. The van der Waals surface area contributed by atoms with E-state index in [9.17, 15) is 0 Å². The first-order valence-electron chi connectivity index (χ1n) is 6.49. The maximum Gasteiger partial charge on any atom is 0.267 e. The van der Waals surface area contributed by atoms with Gasteiger partial charge in [-0.25, -0.2) is 0 Å². The zero-order valence-corrected chi connectivity index (χ0v) is 13.9. The van der Waals surface area contributed by atoms with Gasteiger partial charge in [-0.3, -0.25) is 4.98 Å². The van der Waals surface area contributed by atoms with Crippen LogP contribution in [-0.4, -0.2) is 15.1 Å². The van der Waals surface area contributed by atoms with Crippen LogP contribution >= 0.6 is 27.5 Å².